The molecule has 2 amide bonds. The Kier molecular flexibility index (Phi) is 4.16. The highest BCUT2D eigenvalue weighted by Crippen LogP contribution is 2.15. The van der Waals surface area contributed by atoms with Crippen LogP contribution >= 0.6 is 0 Å². The lowest BCUT2D eigenvalue weighted by molar-refractivity contribution is -0.148. The van der Waals surface area contributed by atoms with Gasteiger partial charge < -0.3 is 10.1 Å². The SMILES string of the molecule is COc1cccc(CNC2CCC(=O)N(C)C2=O)c1. The van der Waals surface area contributed by atoms with E-state index in [1.807, 2.05) is 24.3 Å². The van der Waals surface area contributed by atoms with Crippen LogP contribution in [0.5, 0.6) is 5.75 Å². The molecule has 19 heavy (non-hydrogen) atoms. The van der Waals surface area contributed by atoms with E-state index in [2.05, 4.69) is 5.32 Å². The van der Waals surface area contributed by atoms with Gasteiger partial charge in [-0.3, -0.25) is 14.5 Å². The quantitative estimate of drug-likeness (QED) is 0.820. The number of piperidine rings is 1. The molecule has 5 heteroatoms. The van der Waals surface area contributed by atoms with Crippen LogP contribution in [-0.4, -0.2) is 36.9 Å². The second kappa shape index (κ2) is 5.84. The molecule has 5 nitrogen and oxygen atoms in total. The Balaban J connectivity index is 1.95. The smallest absolute Gasteiger partial charge is 0.246 e. The molecular weight excluding hydrogens is 244 g/mol. The van der Waals surface area contributed by atoms with E-state index in [9.17, 15) is 9.59 Å². The van der Waals surface area contributed by atoms with Crippen LogP contribution in [0.2, 0.25) is 0 Å². The van der Waals surface area contributed by atoms with Gasteiger partial charge >= 0.3 is 0 Å². The maximum Gasteiger partial charge on any atom is 0.246 e. The van der Waals surface area contributed by atoms with Crippen LogP contribution < -0.4 is 10.1 Å². The van der Waals surface area contributed by atoms with Gasteiger partial charge in [0, 0.05) is 20.0 Å². The summed E-state index contributed by atoms with van der Waals surface area (Å²) in [4.78, 5) is 24.5. The van der Waals surface area contributed by atoms with Crippen LogP contribution in [-0.2, 0) is 16.1 Å². The van der Waals surface area contributed by atoms with E-state index >= 15 is 0 Å². The fourth-order valence-corrected chi connectivity index (χ4v) is 2.13. The van der Waals surface area contributed by atoms with E-state index in [0.29, 0.717) is 19.4 Å². The van der Waals surface area contributed by atoms with Crippen LogP contribution in [0.3, 0.4) is 0 Å². The monoisotopic (exact) mass is 262 g/mol. The molecule has 0 spiro atoms. The predicted molar refractivity (Wildman–Crippen MR) is 70.6 cm³/mol. The molecule has 1 N–H and O–H groups in total. The zero-order valence-electron chi connectivity index (χ0n) is 11.2. The van der Waals surface area contributed by atoms with E-state index in [-0.39, 0.29) is 17.9 Å². The molecule has 1 aromatic carbocycles. The number of imide groups is 1. The minimum atomic E-state index is -0.283. The number of nitrogens with one attached hydrogen (secondary N) is 1. The Morgan fingerprint density at radius 2 is 2.21 bits per heavy atom. The molecule has 0 bridgehead atoms. The third-order valence-electron chi connectivity index (χ3n) is 3.34. The van der Waals surface area contributed by atoms with Crippen molar-refractivity contribution in [2.75, 3.05) is 14.2 Å². The summed E-state index contributed by atoms with van der Waals surface area (Å²) in [7, 11) is 3.15. The lowest BCUT2D eigenvalue weighted by Crippen LogP contribution is -2.51. The van der Waals surface area contributed by atoms with E-state index < -0.39 is 0 Å². The number of methoxy groups -OCH3 is 1. The molecule has 1 heterocycles. The van der Waals surface area contributed by atoms with Gasteiger partial charge in [-0.05, 0) is 24.1 Å². The Morgan fingerprint density at radius 1 is 1.42 bits per heavy atom. The fourth-order valence-electron chi connectivity index (χ4n) is 2.13. The zero-order valence-corrected chi connectivity index (χ0v) is 11.2. The zero-order chi connectivity index (χ0) is 13.8. The summed E-state index contributed by atoms with van der Waals surface area (Å²) in [6.45, 7) is 0.579. The highest BCUT2D eigenvalue weighted by molar-refractivity contribution is 6.00. The van der Waals surface area contributed by atoms with Gasteiger partial charge in [-0.25, -0.2) is 0 Å². The standard InChI is InChI=1S/C14H18N2O3/c1-16-13(17)7-6-12(14(16)18)15-9-10-4-3-5-11(8-10)19-2/h3-5,8,12,15H,6-7,9H2,1-2H3. The first-order valence-corrected chi connectivity index (χ1v) is 6.28. The summed E-state index contributed by atoms with van der Waals surface area (Å²) in [5.41, 5.74) is 1.05. The van der Waals surface area contributed by atoms with Gasteiger partial charge in [0.1, 0.15) is 5.75 Å². The van der Waals surface area contributed by atoms with Crippen molar-refractivity contribution in [3.05, 3.63) is 29.8 Å². The molecule has 1 aromatic rings. The Labute approximate surface area is 112 Å². The Hall–Kier alpha value is -1.88. The molecule has 0 aliphatic carbocycles. The first-order chi connectivity index (χ1) is 9.11. The molecule has 1 saturated heterocycles. The van der Waals surface area contributed by atoms with Gasteiger partial charge in [0.25, 0.3) is 0 Å². The first-order valence-electron chi connectivity index (χ1n) is 6.28. The van der Waals surface area contributed by atoms with Gasteiger partial charge in [-0.2, -0.15) is 0 Å². The number of ether oxygens (including phenoxy) is 1. The van der Waals surface area contributed by atoms with Crippen molar-refractivity contribution < 1.29 is 14.3 Å². The molecule has 1 atom stereocenters. The lowest BCUT2D eigenvalue weighted by Gasteiger charge is -2.28. The highest BCUT2D eigenvalue weighted by atomic mass is 16.5. The number of carbonyl (C=O) groups excluding carboxylic acids is 2. The fraction of sp³-hybridized carbons (Fsp3) is 0.429. The van der Waals surface area contributed by atoms with E-state index in [1.54, 1.807) is 7.11 Å². The average Bonchev–Trinajstić information content (AvgIpc) is 2.44. The number of likely N-dealkylation sites (N-methyl/N-ethyl adjacent to an activating group) is 1. The molecule has 0 aromatic heterocycles. The minimum absolute atomic E-state index is 0.107. The van der Waals surface area contributed by atoms with Crippen molar-refractivity contribution in [1.29, 1.82) is 0 Å². The number of likely N-dealkylation sites (tertiary alicyclic amines) is 1. The minimum Gasteiger partial charge on any atom is -0.497 e. The van der Waals surface area contributed by atoms with Crippen LogP contribution in [0.4, 0.5) is 0 Å². The molecule has 1 unspecified atom stereocenters. The topological polar surface area (TPSA) is 58.6 Å². The van der Waals surface area contributed by atoms with Gasteiger partial charge in [0.05, 0.1) is 13.2 Å². The Morgan fingerprint density at radius 3 is 2.95 bits per heavy atom. The summed E-state index contributed by atoms with van der Waals surface area (Å²) in [6, 6.07) is 7.40. The lowest BCUT2D eigenvalue weighted by atomic mass is 10.0. The molecule has 0 saturated carbocycles. The number of benzene rings is 1. The largest absolute Gasteiger partial charge is 0.497 e. The van der Waals surface area contributed by atoms with Gasteiger partial charge in [0.2, 0.25) is 11.8 Å². The summed E-state index contributed by atoms with van der Waals surface area (Å²) >= 11 is 0. The summed E-state index contributed by atoms with van der Waals surface area (Å²) in [5.74, 6) is 0.533. The van der Waals surface area contributed by atoms with E-state index in [0.717, 1.165) is 11.3 Å². The van der Waals surface area contributed by atoms with Crippen molar-refractivity contribution in [3.8, 4) is 5.75 Å². The average molecular weight is 262 g/mol. The molecular formula is C14H18N2O3. The van der Waals surface area contributed by atoms with Crippen LogP contribution in [0.25, 0.3) is 0 Å². The third kappa shape index (κ3) is 3.12. The third-order valence-corrected chi connectivity index (χ3v) is 3.34. The number of amides is 2. The number of rotatable bonds is 4. The van der Waals surface area contributed by atoms with E-state index in [4.69, 9.17) is 4.74 Å². The summed E-state index contributed by atoms with van der Waals surface area (Å²) in [5, 5.41) is 3.19. The van der Waals surface area contributed by atoms with Crippen molar-refractivity contribution in [3.63, 3.8) is 0 Å². The van der Waals surface area contributed by atoms with Crippen LogP contribution in [0.15, 0.2) is 24.3 Å². The maximum absolute atomic E-state index is 11.9. The first kappa shape index (κ1) is 13.5. The molecule has 1 fully saturated rings. The summed E-state index contributed by atoms with van der Waals surface area (Å²) in [6.07, 6.45) is 0.976. The van der Waals surface area contributed by atoms with Gasteiger partial charge in [-0.15, -0.1) is 0 Å². The van der Waals surface area contributed by atoms with Gasteiger partial charge in [-0.1, -0.05) is 12.1 Å². The van der Waals surface area contributed by atoms with Crippen molar-refractivity contribution in [1.82, 2.24) is 10.2 Å². The second-order valence-corrected chi connectivity index (χ2v) is 4.61. The normalized spacial score (nSPS) is 19.7. The second-order valence-electron chi connectivity index (χ2n) is 4.61. The molecule has 1 aliphatic heterocycles. The van der Waals surface area contributed by atoms with Crippen LogP contribution in [0, 0.1) is 0 Å². The predicted octanol–water partition coefficient (Wildman–Crippen LogP) is 0.932. The van der Waals surface area contributed by atoms with Crippen LogP contribution in [0.1, 0.15) is 18.4 Å². The molecule has 102 valence electrons. The summed E-state index contributed by atoms with van der Waals surface area (Å²) < 4.78 is 5.15. The molecule has 0 radical (unpaired) electrons. The van der Waals surface area contributed by atoms with Crippen molar-refractivity contribution in [2.24, 2.45) is 0 Å². The maximum atomic E-state index is 11.9. The van der Waals surface area contributed by atoms with Gasteiger partial charge in [0.15, 0.2) is 0 Å². The van der Waals surface area contributed by atoms with E-state index in [1.165, 1.54) is 11.9 Å². The molecule has 2 rings (SSSR count). The number of hydrogen-bond acceptors (Lipinski definition) is 4. The van der Waals surface area contributed by atoms with Crippen molar-refractivity contribution in [2.45, 2.75) is 25.4 Å². The van der Waals surface area contributed by atoms with Crippen molar-refractivity contribution >= 4 is 11.8 Å². The highest BCUT2D eigenvalue weighted by Gasteiger charge is 2.31. The number of hydrogen-bond donors (Lipinski definition) is 1. The number of carbonyl (C=O) groups is 2. The molecule has 1 aliphatic rings. The Bertz CT molecular complexity index is 487. The number of nitrogens with zero attached hydrogens (tertiary/aromatic N) is 1.